The Labute approximate surface area is 202 Å². The Kier molecular flexibility index (Phi) is 12.9. The fourth-order valence-corrected chi connectivity index (χ4v) is 4.19. The number of unbranched alkanes of at least 4 members (excludes halogenated alkanes) is 5. The maximum atomic E-state index is 12.1. The van der Waals surface area contributed by atoms with Gasteiger partial charge in [0.1, 0.15) is 0 Å². The van der Waals surface area contributed by atoms with Gasteiger partial charge in [0.05, 0.1) is 0 Å². The molecule has 0 spiro atoms. The van der Waals surface area contributed by atoms with Crippen molar-refractivity contribution in [1.82, 2.24) is 10.1 Å². The van der Waals surface area contributed by atoms with Gasteiger partial charge in [-0.05, 0) is 38.5 Å². The van der Waals surface area contributed by atoms with Crippen molar-refractivity contribution >= 4 is 23.9 Å². The molecule has 2 rings (SSSR count). The first-order chi connectivity index (χ1) is 16.3. The first-order valence-electron chi connectivity index (χ1n) is 12.6. The predicted molar refractivity (Wildman–Crippen MR) is 121 cm³/mol. The minimum atomic E-state index is -0.486. The largest absolute Gasteiger partial charge is 0.443 e. The monoisotopic (exact) mass is 484 g/mol. The van der Waals surface area contributed by atoms with Crippen molar-refractivity contribution in [3.8, 4) is 0 Å². The van der Waals surface area contributed by atoms with Crippen LogP contribution in [0.4, 0.5) is 0 Å². The summed E-state index contributed by atoms with van der Waals surface area (Å²) in [6.45, 7) is 3.84. The number of hydrogen-bond donors (Lipinski definition) is 0. The van der Waals surface area contributed by atoms with Gasteiger partial charge >= 0.3 is 23.9 Å². The molecule has 10 nitrogen and oxygen atoms in total. The molecular formula is C24H40N2O8. The molecule has 2 aliphatic rings. The Hall–Kier alpha value is -2.20. The minimum absolute atomic E-state index is 0.266. The molecule has 2 aliphatic heterocycles. The average molecular weight is 485 g/mol. The van der Waals surface area contributed by atoms with Crippen molar-refractivity contribution in [2.75, 3.05) is 13.1 Å². The second kappa shape index (κ2) is 15.7. The predicted octanol–water partition coefficient (Wildman–Crippen LogP) is 3.77. The summed E-state index contributed by atoms with van der Waals surface area (Å²) in [4.78, 5) is 56.9. The number of nitrogens with zero attached hydrogens (tertiary/aromatic N) is 2. The average Bonchev–Trinajstić information content (AvgIpc) is 2.77. The lowest BCUT2D eigenvalue weighted by molar-refractivity contribution is -0.249. The van der Waals surface area contributed by atoms with Crippen molar-refractivity contribution in [3.05, 3.63) is 0 Å². The number of piperidine rings is 2. The van der Waals surface area contributed by atoms with Crippen LogP contribution in [0.15, 0.2) is 0 Å². The molecule has 0 bridgehead atoms. The van der Waals surface area contributed by atoms with Crippen LogP contribution in [0.2, 0.25) is 0 Å². The lowest BCUT2D eigenvalue weighted by atomic mass is 10.1. The highest BCUT2D eigenvalue weighted by atomic mass is 16.7. The zero-order valence-electron chi connectivity index (χ0n) is 20.6. The number of rotatable bonds is 13. The summed E-state index contributed by atoms with van der Waals surface area (Å²) in [6, 6.07) is 0. The molecule has 0 aromatic rings. The standard InChI is InChI=1S/C24H40N2O8/c1-19(27)33-25-17-11-9-13-21(25)31-23(29)15-7-5-3-4-6-8-16-24(30)32-22-14-10-12-18-26(22)34-20(2)28/h21-22H,3-18H2,1-2H3. The fourth-order valence-electron chi connectivity index (χ4n) is 4.19. The van der Waals surface area contributed by atoms with Gasteiger partial charge in [-0.3, -0.25) is 19.2 Å². The topological polar surface area (TPSA) is 112 Å². The van der Waals surface area contributed by atoms with E-state index in [1.165, 1.54) is 24.0 Å². The summed E-state index contributed by atoms with van der Waals surface area (Å²) in [5.74, 6) is -1.35. The number of ether oxygens (including phenoxy) is 2. The van der Waals surface area contributed by atoms with Crippen LogP contribution >= 0.6 is 0 Å². The van der Waals surface area contributed by atoms with Gasteiger partial charge in [-0.15, -0.1) is 0 Å². The van der Waals surface area contributed by atoms with Crippen LogP contribution in [0.1, 0.15) is 104 Å². The Morgan fingerprint density at radius 2 is 1.00 bits per heavy atom. The normalized spacial score (nSPS) is 21.5. The van der Waals surface area contributed by atoms with Crippen LogP contribution in [-0.4, -0.2) is 59.5 Å². The number of carbonyl (C=O) groups is 4. The van der Waals surface area contributed by atoms with Gasteiger partial charge in [0.2, 0.25) is 0 Å². The highest BCUT2D eigenvalue weighted by Crippen LogP contribution is 2.21. The Bertz CT molecular complexity index is 615. The summed E-state index contributed by atoms with van der Waals surface area (Å²) < 4.78 is 11.0. The van der Waals surface area contributed by atoms with Gasteiger partial charge < -0.3 is 19.1 Å². The van der Waals surface area contributed by atoms with Crippen LogP contribution in [0.5, 0.6) is 0 Å². The van der Waals surface area contributed by atoms with E-state index in [0.717, 1.165) is 64.2 Å². The molecule has 0 aromatic heterocycles. The van der Waals surface area contributed by atoms with E-state index in [-0.39, 0.29) is 11.9 Å². The van der Waals surface area contributed by atoms with Crippen LogP contribution < -0.4 is 0 Å². The second-order valence-electron chi connectivity index (χ2n) is 8.95. The fraction of sp³-hybridized carbons (Fsp3) is 0.833. The zero-order chi connectivity index (χ0) is 24.8. The Balaban J connectivity index is 1.49. The molecule has 0 aromatic carbocycles. The van der Waals surface area contributed by atoms with E-state index >= 15 is 0 Å². The first kappa shape index (κ1) is 28.0. The molecule has 2 heterocycles. The number of carbonyl (C=O) groups excluding carboxylic acids is 4. The number of hydrogen-bond acceptors (Lipinski definition) is 10. The molecule has 2 saturated heterocycles. The minimum Gasteiger partial charge on any atom is -0.443 e. The molecule has 2 atom stereocenters. The maximum absolute atomic E-state index is 12.1. The van der Waals surface area contributed by atoms with Crippen molar-refractivity contribution in [2.45, 2.75) is 116 Å². The molecule has 2 fully saturated rings. The molecule has 0 saturated carbocycles. The molecule has 0 amide bonds. The summed E-state index contributed by atoms with van der Waals surface area (Å²) in [5.41, 5.74) is 0. The highest BCUT2D eigenvalue weighted by molar-refractivity contribution is 5.70. The smallest absolute Gasteiger partial charge is 0.322 e. The quantitative estimate of drug-likeness (QED) is 0.283. The molecule has 0 radical (unpaired) electrons. The Morgan fingerprint density at radius 1 is 0.618 bits per heavy atom. The summed E-state index contributed by atoms with van der Waals surface area (Å²) in [7, 11) is 0. The summed E-state index contributed by atoms with van der Waals surface area (Å²) in [6.07, 6.45) is 10.0. The van der Waals surface area contributed by atoms with Crippen LogP contribution in [0, 0.1) is 0 Å². The maximum Gasteiger partial charge on any atom is 0.322 e. The SMILES string of the molecule is CC(=O)ON1CCCCC1OC(=O)CCCCCCCCC(=O)OC1CCCCN1OC(C)=O. The van der Waals surface area contributed by atoms with E-state index < -0.39 is 24.4 Å². The molecule has 0 N–H and O–H groups in total. The summed E-state index contributed by atoms with van der Waals surface area (Å²) >= 11 is 0. The third-order valence-electron chi connectivity index (χ3n) is 5.84. The van der Waals surface area contributed by atoms with Crippen molar-refractivity contribution < 1.29 is 38.3 Å². The van der Waals surface area contributed by atoms with Crippen LogP contribution in [0.25, 0.3) is 0 Å². The van der Waals surface area contributed by atoms with Crippen molar-refractivity contribution in [1.29, 1.82) is 0 Å². The molecule has 0 aliphatic carbocycles. The van der Waals surface area contributed by atoms with E-state index in [1.807, 2.05) is 0 Å². The lowest BCUT2D eigenvalue weighted by Crippen LogP contribution is -2.43. The third-order valence-corrected chi connectivity index (χ3v) is 5.84. The zero-order valence-corrected chi connectivity index (χ0v) is 20.6. The number of hydroxylamine groups is 4. The lowest BCUT2D eigenvalue weighted by Gasteiger charge is -2.32. The van der Waals surface area contributed by atoms with Gasteiger partial charge in [-0.2, -0.15) is 0 Å². The second-order valence-corrected chi connectivity index (χ2v) is 8.95. The van der Waals surface area contributed by atoms with E-state index in [4.69, 9.17) is 19.1 Å². The van der Waals surface area contributed by atoms with Gasteiger partial charge in [-0.25, -0.2) is 0 Å². The van der Waals surface area contributed by atoms with Gasteiger partial charge in [0.15, 0.2) is 12.5 Å². The van der Waals surface area contributed by atoms with Crippen molar-refractivity contribution in [3.63, 3.8) is 0 Å². The molecular weight excluding hydrogens is 444 g/mol. The van der Waals surface area contributed by atoms with Gasteiger partial charge in [0, 0.05) is 52.6 Å². The molecule has 10 heteroatoms. The van der Waals surface area contributed by atoms with E-state index in [1.54, 1.807) is 0 Å². The van der Waals surface area contributed by atoms with E-state index in [0.29, 0.717) is 38.8 Å². The Morgan fingerprint density at radius 3 is 1.38 bits per heavy atom. The highest BCUT2D eigenvalue weighted by Gasteiger charge is 2.29. The molecule has 2 unspecified atom stereocenters. The van der Waals surface area contributed by atoms with Gasteiger partial charge in [-0.1, -0.05) is 35.8 Å². The van der Waals surface area contributed by atoms with Crippen molar-refractivity contribution in [2.24, 2.45) is 0 Å². The molecule has 34 heavy (non-hydrogen) atoms. The van der Waals surface area contributed by atoms with E-state index in [2.05, 4.69) is 0 Å². The third kappa shape index (κ3) is 11.3. The van der Waals surface area contributed by atoms with Crippen LogP contribution in [0.3, 0.4) is 0 Å². The number of esters is 2. The van der Waals surface area contributed by atoms with E-state index in [9.17, 15) is 19.2 Å². The van der Waals surface area contributed by atoms with Crippen LogP contribution in [-0.2, 0) is 38.3 Å². The summed E-state index contributed by atoms with van der Waals surface area (Å²) in [5, 5.41) is 2.94. The molecule has 194 valence electrons. The first-order valence-corrected chi connectivity index (χ1v) is 12.6. The van der Waals surface area contributed by atoms with Gasteiger partial charge in [0.25, 0.3) is 0 Å².